The van der Waals surface area contributed by atoms with Gasteiger partial charge in [0.15, 0.2) is 0 Å². The van der Waals surface area contributed by atoms with E-state index >= 15 is 0 Å². The Morgan fingerprint density at radius 2 is 2.20 bits per heavy atom. The second-order valence-corrected chi connectivity index (χ2v) is 5.51. The molecular formula is C10H13FN2O6S. The fourth-order valence-corrected chi connectivity index (χ4v) is 2.70. The van der Waals surface area contributed by atoms with Gasteiger partial charge in [-0.15, -0.1) is 0 Å². The molecule has 0 aliphatic carbocycles. The Balaban J connectivity index is 3.06. The summed E-state index contributed by atoms with van der Waals surface area (Å²) >= 11 is 0. The number of aliphatic hydroxyl groups excluding tert-OH is 1. The number of nitrogens with one attached hydrogen (secondary N) is 1. The van der Waals surface area contributed by atoms with Crippen molar-refractivity contribution in [2.75, 3.05) is 20.3 Å². The minimum Gasteiger partial charge on any atom is -0.395 e. The Hall–Kier alpha value is -1.62. The number of hydrogen-bond acceptors (Lipinski definition) is 6. The van der Waals surface area contributed by atoms with Crippen LogP contribution in [-0.4, -0.2) is 44.8 Å². The zero-order valence-electron chi connectivity index (χ0n) is 10.4. The first-order valence-corrected chi connectivity index (χ1v) is 6.86. The van der Waals surface area contributed by atoms with Gasteiger partial charge in [-0.3, -0.25) is 10.1 Å². The molecule has 20 heavy (non-hydrogen) atoms. The number of rotatable bonds is 7. The SMILES string of the molecule is COCC(CO)NS(=O)(=O)c1ccc([N+](=O)[O-])cc1F. The molecule has 0 radical (unpaired) electrons. The molecule has 2 N–H and O–H groups in total. The third-order valence-electron chi connectivity index (χ3n) is 2.33. The summed E-state index contributed by atoms with van der Waals surface area (Å²) in [6.45, 7) is -0.647. The van der Waals surface area contributed by atoms with Crippen LogP contribution in [0.2, 0.25) is 0 Å². The third-order valence-corrected chi connectivity index (χ3v) is 3.88. The van der Waals surface area contributed by atoms with Gasteiger partial charge in [-0.2, -0.15) is 0 Å². The fourth-order valence-electron chi connectivity index (χ4n) is 1.43. The van der Waals surface area contributed by atoms with E-state index in [-0.39, 0.29) is 6.61 Å². The smallest absolute Gasteiger partial charge is 0.272 e. The summed E-state index contributed by atoms with van der Waals surface area (Å²) in [6, 6.07) is 1.23. The van der Waals surface area contributed by atoms with Crippen LogP contribution >= 0.6 is 0 Å². The van der Waals surface area contributed by atoms with Crippen LogP contribution in [-0.2, 0) is 14.8 Å². The van der Waals surface area contributed by atoms with Gasteiger partial charge in [0.1, 0.15) is 10.7 Å². The molecule has 0 saturated carbocycles. The average molecular weight is 308 g/mol. The number of sulfonamides is 1. The number of benzene rings is 1. The standard InChI is InChI=1S/C10H13FN2O6S/c1-19-6-7(5-14)12-20(17,18)10-3-2-8(13(15)16)4-9(10)11/h2-4,7,12,14H,5-6H2,1H3. The van der Waals surface area contributed by atoms with Crippen molar-refractivity contribution in [3.8, 4) is 0 Å². The summed E-state index contributed by atoms with van der Waals surface area (Å²) in [5.41, 5.74) is -0.558. The number of ether oxygens (including phenoxy) is 1. The highest BCUT2D eigenvalue weighted by Crippen LogP contribution is 2.20. The zero-order chi connectivity index (χ0) is 15.3. The molecule has 1 aromatic carbocycles. The number of methoxy groups -OCH3 is 1. The van der Waals surface area contributed by atoms with Crippen LogP contribution in [0.4, 0.5) is 10.1 Å². The molecule has 0 aliphatic heterocycles. The van der Waals surface area contributed by atoms with Gasteiger partial charge in [0.25, 0.3) is 5.69 Å². The van der Waals surface area contributed by atoms with Gasteiger partial charge >= 0.3 is 0 Å². The molecule has 0 fully saturated rings. The molecule has 0 bridgehead atoms. The van der Waals surface area contributed by atoms with E-state index < -0.39 is 44.0 Å². The number of aliphatic hydroxyl groups is 1. The second-order valence-electron chi connectivity index (χ2n) is 3.83. The van der Waals surface area contributed by atoms with Crippen molar-refractivity contribution in [1.82, 2.24) is 4.72 Å². The molecule has 1 aromatic rings. The molecule has 0 heterocycles. The van der Waals surface area contributed by atoms with E-state index in [9.17, 15) is 22.9 Å². The van der Waals surface area contributed by atoms with Crippen LogP contribution in [0.25, 0.3) is 0 Å². The molecule has 0 amide bonds. The van der Waals surface area contributed by atoms with Crippen LogP contribution in [0.1, 0.15) is 0 Å². The topological polar surface area (TPSA) is 119 Å². The molecule has 112 valence electrons. The van der Waals surface area contributed by atoms with Crippen molar-refractivity contribution < 1.29 is 27.6 Å². The molecule has 1 atom stereocenters. The maximum atomic E-state index is 13.6. The summed E-state index contributed by atoms with van der Waals surface area (Å²) in [6.07, 6.45) is 0. The highest BCUT2D eigenvalue weighted by Gasteiger charge is 2.24. The molecule has 0 saturated heterocycles. The summed E-state index contributed by atoms with van der Waals surface area (Å²) < 4.78 is 44.1. The van der Waals surface area contributed by atoms with E-state index in [0.717, 1.165) is 12.1 Å². The largest absolute Gasteiger partial charge is 0.395 e. The number of hydrogen-bond donors (Lipinski definition) is 2. The molecule has 0 spiro atoms. The predicted octanol–water partition coefficient (Wildman–Crippen LogP) is 0.0195. The second kappa shape index (κ2) is 6.70. The van der Waals surface area contributed by atoms with E-state index in [1.807, 2.05) is 4.72 Å². The number of nitro benzene ring substituents is 1. The third kappa shape index (κ3) is 3.93. The lowest BCUT2D eigenvalue weighted by molar-refractivity contribution is -0.385. The van der Waals surface area contributed by atoms with E-state index in [0.29, 0.717) is 6.07 Å². The van der Waals surface area contributed by atoms with Crippen LogP contribution in [0.15, 0.2) is 23.1 Å². The van der Waals surface area contributed by atoms with E-state index in [4.69, 9.17) is 5.11 Å². The van der Waals surface area contributed by atoms with Gasteiger partial charge in [-0.1, -0.05) is 0 Å². The average Bonchev–Trinajstić information content (AvgIpc) is 2.37. The van der Waals surface area contributed by atoms with Gasteiger partial charge in [0.2, 0.25) is 10.0 Å². The molecular weight excluding hydrogens is 295 g/mol. The Bertz CT molecular complexity index is 591. The first-order chi connectivity index (χ1) is 9.31. The lowest BCUT2D eigenvalue weighted by Gasteiger charge is -2.15. The van der Waals surface area contributed by atoms with E-state index in [1.54, 1.807) is 0 Å². The van der Waals surface area contributed by atoms with E-state index in [2.05, 4.69) is 4.74 Å². The summed E-state index contributed by atoms with van der Waals surface area (Å²) in [7, 11) is -2.95. The summed E-state index contributed by atoms with van der Waals surface area (Å²) in [4.78, 5) is 8.87. The monoisotopic (exact) mass is 308 g/mol. The molecule has 10 heteroatoms. The maximum Gasteiger partial charge on any atom is 0.272 e. The predicted molar refractivity (Wildman–Crippen MR) is 66.1 cm³/mol. The number of non-ortho nitro benzene ring substituents is 1. The van der Waals surface area contributed by atoms with Crippen LogP contribution < -0.4 is 4.72 Å². The number of nitro groups is 1. The Kier molecular flexibility index (Phi) is 5.51. The number of halogens is 1. The van der Waals surface area contributed by atoms with Gasteiger partial charge in [-0.25, -0.2) is 17.5 Å². The first kappa shape index (κ1) is 16.4. The molecule has 1 unspecified atom stereocenters. The number of nitrogens with zero attached hydrogens (tertiary/aromatic N) is 1. The minimum absolute atomic E-state index is 0.107. The van der Waals surface area contributed by atoms with Gasteiger partial charge in [-0.05, 0) is 6.07 Å². The highest BCUT2D eigenvalue weighted by atomic mass is 32.2. The maximum absolute atomic E-state index is 13.6. The Morgan fingerprint density at radius 3 is 2.65 bits per heavy atom. The zero-order valence-corrected chi connectivity index (χ0v) is 11.3. The van der Waals surface area contributed by atoms with Crippen molar-refractivity contribution in [2.45, 2.75) is 10.9 Å². The van der Waals surface area contributed by atoms with Crippen LogP contribution in [0.5, 0.6) is 0 Å². The van der Waals surface area contributed by atoms with Gasteiger partial charge in [0.05, 0.1) is 30.2 Å². The Morgan fingerprint density at radius 1 is 1.55 bits per heavy atom. The van der Waals surface area contributed by atoms with Crippen molar-refractivity contribution in [3.63, 3.8) is 0 Å². The Labute approximate surface area is 114 Å². The van der Waals surface area contributed by atoms with Gasteiger partial charge < -0.3 is 9.84 Å². The van der Waals surface area contributed by atoms with Crippen LogP contribution in [0, 0.1) is 15.9 Å². The van der Waals surface area contributed by atoms with Crippen molar-refractivity contribution in [3.05, 3.63) is 34.1 Å². The first-order valence-electron chi connectivity index (χ1n) is 5.38. The summed E-state index contributed by atoms with van der Waals surface area (Å²) in [5, 5.41) is 19.4. The minimum atomic E-state index is -4.25. The van der Waals surface area contributed by atoms with Crippen LogP contribution in [0.3, 0.4) is 0 Å². The summed E-state index contributed by atoms with van der Waals surface area (Å²) in [5.74, 6) is -1.25. The van der Waals surface area contributed by atoms with Gasteiger partial charge in [0, 0.05) is 13.2 Å². The lowest BCUT2D eigenvalue weighted by Crippen LogP contribution is -2.40. The van der Waals surface area contributed by atoms with Crippen molar-refractivity contribution in [1.29, 1.82) is 0 Å². The van der Waals surface area contributed by atoms with Crippen molar-refractivity contribution >= 4 is 15.7 Å². The van der Waals surface area contributed by atoms with Crippen molar-refractivity contribution in [2.24, 2.45) is 0 Å². The molecule has 8 nitrogen and oxygen atoms in total. The molecule has 0 aliphatic rings. The fraction of sp³-hybridized carbons (Fsp3) is 0.400. The molecule has 1 rings (SSSR count). The highest BCUT2D eigenvalue weighted by molar-refractivity contribution is 7.89. The lowest BCUT2D eigenvalue weighted by atomic mass is 10.3. The normalized spacial score (nSPS) is 13.2. The quantitative estimate of drug-likeness (QED) is 0.541. The van der Waals surface area contributed by atoms with E-state index in [1.165, 1.54) is 7.11 Å². The molecule has 0 aromatic heterocycles.